The van der Waals surface area contributed by atoms with Crippen LogP contribution in [-0.4, -0.2) is 40.2 Å². The van der Waals surface area contributed by atoms with Gasteiger partial charge in [-0.25, -0.2) is 0 Å². The first-order valence-electron chi connectivity index (χ1n) is 10.3. The fraction of sp³-hybridized carbons (Fsp3) is 0.160. The number of hydrogen-bond acceptors (Lipinski definition) is 9. The zero-order valence-electron chi connectivity index (χ0n) is 17.9. The Kier molecular flexibility index (Phi) is 5.18. The van der Waals surface area contributed by atoms with Gasteiger partial charge in [0.05, 0.1) is 13.7 Å². The highest BCUT2D eigenvalue weighted by Gasteiger charge is 2.36. The Morgan fingerprint density at radius 1 is 0.941 bits per heavy atom. The Bertz CT molecular complexity index is 1440. The molecule has 3 aromatic carbocycles. The van der Waals surface area contributed by atoms with Crippen LogP contribution in [0.5, 0.6) is 34.5 Å². The lowest BCUT2D eigenvalue weighted by atomic mass is 10.0. The summed E-state index contributed by atoms with van der Waals surface area (Å²) in [5.74, 6) is 0.226. The number of hydrogen-bond donors (Lipinski definition) is 4. The van der Waals surface area contributed by atoms with Gasteiger partial charge in [-0.1, -0.05) is 6.07 Å². The van der Waals surface area contributed by atoms with Gasteiger partial charge >= 0.3 is 0 Å². The molecule has 1 aliphatic rings. The SMILES string of the molecule is COc1cc(C2Oc3cc(O)c4c(=O)cc(-c5ccc(O)cc5)oc4c3OC2CO)ccc1O. The van der Waals surface area contributed by atoms with Crippen molar-refractivity contribution in [3.05, 3.63) is 70.4 Å². The summed E-state index contributed by atoms with van der Waals surface area (Å²) in [6, 6.07) is 13.2. The van der Waals surface area contributed by atoms with Crippen molar-refractivity contribution in [3.63, 3.8) is 0 Å². The largest absolute Gasteiger partial charge is 0.508 e. The van der Waals surface area contributed by atoms with Crippen LogP contribution in [-0.2, 0) is 0 Å². The predicted octanol–water partition coefficient (Wildman–Crippen LogP) is 3.46. The maximum atomic E-state index is 12.8. The number of aliphatic hydroxyl groups is 1. The van der Waals surface area contributed by atoms with Gasteiger partial charge in [-0.15, -0.1) is 0 Å². The molecule has 0 radical (unpaired) electrons. The topological polar surface area (TPSA) is 139 Å². The maximum Gasteiger partial charge on any atom is 0.205 e. The number of ether oxygens (including phenoxy) is 3. The first-order valence-corrected chi connectivity index (χ1v) is 10.3. The number of benzene rings is 3. The number of rotatable bonds is 4. The van der Waals surface area contributed by atoms with Crippen molar-refractivity contribution >= 4 is 11.0 Å². The van der Waals surface area contributed by atoms with Gasteiger partial charge in [-0.3, -0.25) is 4.79 Å². The van der Waals surface area contributed by atoms with Gasteiger partial charge in [0.1, 0.15) is 22.6 Å². The third-order valence-electron chi connectivity index (χ3n) is 5.63. The molecule has 2 atom stereocenters. The lowest BCUT2D eigenvalue weighted by Crippen LogP contribution is -2.36. The van der Waals surface area contributed by atoms with Crippen LogP contribution in [0.2, 0.25) is 0 Å². The molecule has 34 heavy (non-hydrogen) atoms. The van der Waals surface area contributed by atoms with Crippen molar-refractivity contribution in [3.8, 4) is 45.8 Å². The van der Waals surface area contributed by atoms with E-state index in [4.69, 9.17) is 18.6 Å². The van der Waals surface area contributed by atoms with Crippen molar-refractivity contribution < 1.29 is 39.1 Å². The minimum atomic E-state index is -0.892. The van der Waals surface area contributed by atoms with Gasteiger partial charge in [0.25, 0.3) is 0 Å². The first-order chi connectivity index (χ1) is 16.4. The monoisotopic (exact) mass is 464 g/mol. The van der Waals surface area contributed by atoms with Gasteiger partial charge in [0, 0.05) is 23.3 Å². The molecular weight excluding hydrogens is 444 g/mol. The second-order valence-electron chi connectivity index (χ2n) is 7.76. The fourth-order valence-corrected chi connectivity index (χ4v) is 3.95. The van der Waals surface area contributed by atoms with E-state index < -0.39 is 24.2 Å². The Labute approximate surface area is 192 Å². The van der Waals surface area contributed by atoms with E-state index in [1.807, 2.05) is 0 Å². The Morgan fingerprint density at radius 2 is 1.71 bits per heavy atom. The summed E-state index contributed by atoms with van der Waals surface area (Å²) in [5.41, 5.74) is 0.543. The summed E-state index contributed by atoms with van der Waals surface area (Å²) in [7, 11) is 1.41. The molecule has 4 aromatic rings. The van der Waals surface area contributed by atoms with Gasteiger partial charge < -0.3 is 39.1 Å². The number of fused-ring (bicyclic) bond motifs is 3. The molecule has 0 saturated heterocycles. The average molecular weight is 464 g/mol. The van der Waals surface area contributed by atoms with Gasteiger partial charge in [0.15, 0.2) is 40.5 Å². The van der Waals surface area contributed by atoms with E-state index >= 15 is 0 Å². The van der Waals surface area contributed by atoms with E-state index in [1.165, 1.54) is 37.4 Å². The lowest BCUT2D eigenvalue weighted by molar-refractivity contribution is -0.0119. The van der Waals surface area contributed by atoms with Crippen LogP contribution in [0.4, 0.5) is 0 Å². The molecule has 1 aliphatic heterocycles. The summed E-state index contributed by atoms with van der Waals surface area (Å²) in [5, 5.41) is 39.9. The Hall–Kier alpha value is -4.37. The zero-order chi connectivity index (χ0) is 24.0. The number of aliphatic hydroxyl groups excluding tert-OH is 1. The maximum absolute atomic E-state index is 12.8. The average Bonchev–Trinajstić information content (AvgIpc) is 2.83. The molecule has 9 heteroatoms. The smallest absolute Gasteiger partial charge is 0.205 e. The number of phenols is 3. The molecule has 2 heterocycles. The molecule has 0 saturated carbocycles. The molecule has 5 rings (SSSR count). The van der Waals surface area contributed by atoms with E-state index in [2.05, 4.69) is 0 Å². The van der Waals surface area contributed by atoms with Crippen LogP contribution in [0.3, 0.4) is 0 Å². The standard InChI is InChI=1S/C25H20O9/c1-31-19-8-13(4-7-15(19)28)23-21(11-26)34-24-20(33-23)10-17(30)22-16(29)9-18(32-25(22)24)12-2-5-14(27)6-3-12/h2-10,21,23,26-28,30H,11H2,1H3. The van der Waals surface area contributed by atoms with E-state index in [0.717, 1.165) is 0 Å². The van der Waals surface area contributed by atoms with Gasteiger partial charge in [-0.2, -0.15) is 0 Å². The number of methoxy groups -OCH3 is 1. The molecule has 4 N–H and O–H groups in total. The summed E-state index contributed by atoms with van der Waals surface area (Å²) >= 11 is 0. The summed E-state index contributed by atoms with van der Waals surface area (Å²) in [6.07, 6.45) is -1.70. The summed E-state index contributed by atoms with van der Waals surface area (Å²) in [6.45, 7) is -0.433. The van der Waals surface area contributed by atoms with E-state index in [9.17, 15) is 25.2 Å². The predicted molar refractivity (Wildman–Crippen MR) is 121 cm³/mol. The highest BCUT2D eigenvalue weighted by Crippen LogP contribution is 2.47. The van der Waals surface area contributed by atoms with Crippen LogP contribution in [0.15, 0.2) is 63.8 Å². The minimum absolute atomic E-state index is 0.0363. The molecule has 0 bridgehead atoms. The van der Waals surface area contributed by atoms with Crippen molar-refractivity contribution in [2.24, 2.45) is 0 Å². The molecule has 0 spiro atoms. The van der Waals surface area contributed by atoms with Gasteiger partial charge in [0.2, 0.25) is 5.75 Å². The molecular formula is C25H20O9. The quantitative estimate of drug-likeness (QED) is 0.358. The lowest BCUT2D eigenvalue weighted by Gasteiger charge is -2.33. The molecule has 0 fully saturated rings. The van der Waals surface area contributed by atoms with Crippen LogP contribution >= 0.6 is 0 Å². The Balaban J connectivity index is 1.65. The third kappa shape index (κ3) is 3.52. The van der Waals surface area contributed by atoms with Crippen LogP contribution < -0.4 is 19.6 Å². The third-order valence-corrected chi connectivity index (χ3v) is 5.63. The fourth-order valence-electron chi connectivity index (χ4n) is 3.95. The first kappa shape index (κ1) is 21.5. The molecule has 1 aromatic heterocycles. The van der Waals surface area contributed by atoms with Crippen LogP contribution in [0.1, 0.15) is 11.7 Å². The molecule has 9 nitrogen and oxygen atoms in total. The van der Waals surface area contributed by atoms with Gasteiger partial charge in [-0.05, 0) is 36.4 Å². The van der Waals surface area contributed by atoms with Crippen LogP contribution in [0, 0.1) is 0 Å². The highest BCUT2D eigenvalue weighted by molar-refractivity contribution is 5.92. The van der Waals surface area contributed by atoms with Crippen molar-refractivity contribution in [2.75, 3.05) is 13.7 Å². The number of phenolic OH excluding ortho intramolecular Hbond substituents is 3. The van der Waals surface area contributed by atoms with Crippen molar-refractivity contribution in [1.82, 2.24) is 0 Å². The van der Waals surface area contributed by atoms with E-state index in [-0.39, 0.29) is 51.2 Å². The van der Waals surface area contributed by atoms with Crippen LogP contribution in [0.25, 0.3) is 22.3 Å². The Morgan fingerprint density at radius 3 is 2.41 bits per heavy atom. The molecule has 0 amide bonds. The molecule has 0 aliphatic carbocycles. The minimum Gasteiger partial charge on any atom is -0.508 e. The van der Waals surface area contributed by atoms with E-state index in [0.29, 0.717) is 11.1 Å². The summed E-state index contributed by atoms with van der Waals surface area (Å²) in [4.78, 5) is 12.8. The zero-order valence-corrected chi connectivity index (χ0v) is 17.9. The second kappa shape index (κ2) is 8.20. The highest BCUT2D eigenvalue weighted by atomic mass is 16.6. The number of aromatic hydroxyl groups is 3. The van der Waals surface area contributed by atoms with Crippen molar-refractivity contribution in [2.45, 2.75) is 12.2 Å². The molecule has 174 valence electrons. The normalized spacial score (nSPS) is 17.0. The van der Waals surface area contributed by atoms with E-state index in [1.54, 1.807) is 24.3 Å². The van der Waals surface area contributed by atoms with Crippen molar-refractivity contribution in [1.29, 1.82) is 0 Å². The molecule has 2 unspecified atom stereocenters. The summed E-state index contributed by atoms with van der Waals surface area (Å²) < 4.78 is 23.2. The second-order valence-corrected chi connectivity index (χ2v) is 7.76.